The fourth-order valence-electron chi connectivity index (χ4n) is 4.28. The van der Waals surface area contributed by atoms with Crippen LogP contribution in [0, 0.1) is 5.92 Å². The molecule has 2 atom stereocenters. The zero-order valence-corrected chi connectivity index (χ0v) is 16.0. The number of hydrogen-bond acceptors (Lipinski definition) is 4. The molecule has 0 aromatic heterocycles. The van der Waals surface area contributed by atoms with E-state index in [1.54, 1.807) is 30.3 Å². The zero-order chi connectivity index (χ0) is 18.6. The maximum absolute atomic E-state index is 13.0. The van der Waals surface area contributed by atoms with Crippen LogP contribution in [0.4, 0.5) is 0 Å². The molecule has 26 heavy (non-hydrogen) atoms. The number of nitrogens with zero attached hydrogens (tertiary/aromatic N) is 2. The second kappa shape index (κ2) is 8.50. The highest BCUT2D eigenvalue weighted by Crippen LogP contribution is 2.28. The van der Waals surface area contributed by atoms with Gasteiger partial charge in [-0.2, -0.15) is 4.31 Å². The van der Waals surface area contributed by atoms with E-state index in [0.29, 0.717) is 18.0 Å². The first-order valence-electron chi connectivity index (χ1n) is 9.59. The SMILES string of the molecule is NC(=O)C(C1CCCN(S(=O)(=O)c2ccccc2)C1)N1CCCCCC1. The second-order valence-corrected chi connectivity index (χ2v) is 9.31. The average molecular weight is 380 g/mol. The Morgan fingerprint density at radius 1 is 1.00 bits per heavy atom. The van der Waals surface area contributed by atoms with Gasteiger partial charge in [0.25, 0.3) is 0 Å². The number of rotatable bonds is 5. The highest BCUT2D eigenvalue weighted by Gasteiger charge is 2.38. The number of carbonyl (C=O) groups excluding carboxylic acids is 1. The first-order valence-corrected chi connectivity index (χ1v) is 11.0. The van der Waals surface area contributed by atoms with Crippen molar-refractivity contribution in [2.45, 2.75) is 49.5 Å². The van der Waals surface area contributed by atoms with Gasteiger partial charge in [-0.3, -0.25) is 9.69 Å². The Kier molecular flexibility index (Phi) is 6.32. The summed E-state index contributed by atoms with van der Waals surface area (Å²) in [6.45, 7) is 2.60. The van der Waals surface area contributed by atoms with Crippen molar-refractivity contribution < 1.29 is 13.2 Å². The molecule has 2 aliphatic rings. The van der Waals surface area contributed by atoms with Gasteiger partial charge in [-0.05, 0) is 56.8 Å². The van der Waals surface area contributed by atoms with Crippen molar-refractivity contribution in [3.05, 3.63) is 30.3 Å². The molecule has 0 radical (unpaired) electrons. The number of amides is 1. The van der Waals surface area contributed by atoms with Crippen LogP contribution < -0.4 is 5.73 Å². The Labute approximate surface area is 156 Å². The number of hydrogen-bond donors (Lipinski definition) is 1. The van der Waals surface area contributed by atoms with Gasteiger partial charge in [0, 0.05) is 13.1 Å². The third-order valence-electron chi connectivity index (χ3n) is 5.57. The van der Waals surface area contributed by atoms with Crippen LogP contribution in [0.25, 0.3) is 0 Å². The van der Waals surface area contributed by atoms with Crippen LogP contribution in [0.5, 0.6) is 0 Å². The first kappa shape index (κ1) is 19.3. The quantitative estimate of drug-likeness (QED) is 0.846. The molecule has 1 amide bonds. The molecule has 0 saturated carbocycles. The molecule has 1 aromatic carbocycles. The van der Waals surface area contributed by atoms with Gasteiger partial charge in [0.15, 0.2) is 0 Å². The van der Waals surface area contributed by atoms with E-state index in [0.717, 1.165) is 38.8 Å². The summed E-state index contributed by atoms with van der Waals surface area (Å²) in [5.74, 6) is -0.367. The Hall–Kier alpha value is -1.44. The molecule has 0 aliphatic carbocycles. The third-order valence-corrected chi connectivity index (χ3v) is 7.45. The fourth-order valence-corrected chi connectivity index (χ4v) is 5.83. The third kappa shape index (κ3) is 4.27. The predicted molar refractivity (Wildman–Crippen MR) is 101 cm³/mol. The van der Waals surface area contributed by atoms with Crippen molar-refractivity contribution in [1.29, 1.82) is 0 Å². The topological polar surface area (TPSA) is 83.7 Å². The van der Waals surface area contributed by atoms with Gasteiger partial charge in [0.1, 0.15) is 0 Å². The highest BCUT2D eigenvalue weighted by atomic mass is 32.2. The van der Waals surface area contributed by atoms with Crippen molar-refractivity contribution in [3.8, 4) is 0 Å². The molecule has 2 fully saturated rings. The number of carbonyl (C=O) groups is 1. The summed E-state index contributed by atoms with van der Waals surface area (Å²) in [5, 5.41) is 0. The van der Waals surface area contributed by atoms with E-state index in [4.69, 9.17) is 5.73 Å². The number of likely N-dealkylation sites (tertiary alicyclic amines) is 1. The molecule has 144 valence electrons. The van der Waals surface area contributed by atoms with Crippen molar-refractivity contribution in [3.63, 3.8) is 0 Å². The summed E-state index contributed by atoms with van der Waals surface area (Å²) in [6.07, 6.45) is 6.10. The van der Waals surface area contributed by atoms with Crippen LogP contribution in [-0.4, -0.2) is 55.8 Å². The van der Waals surface area contributed by atoms with Crippen molar-refractivity contribution >= 4 is 15.9 Å². The summed E-state index contributed by atoms with van der Waals surface area (Å²) in [4.78, 5) is 14.8. The lowest BCUT2D eigenvalue weighted by atomic mass is 9.90. The van der Waals surface area contributed by atoms with Gasteiger partial charge in [0.2, 0.25) is 15.9 Å². The fraction of sp³-hybridized carbons (Fsp3) is 0.632. The van der Waals surface area contributed by atoms with E-state index in [1.807, 2.05) is 0 Å². The first-order chi connectivity index (χ1) is 12.5. The lowest BCUT2D eigenvalue weighted by Crippen LogP contribution is -2.54. The van der Waals surface area contributed by atoms with Crippen LogP contribution in [-0.2, 0) is 14.8 Å². The monoisotopic (exact) mass is 379 g/mol. The molecule has 0 spiro atoms. The predicted octanol–water partition coefficient (Wildman–Crippen LogP) is 1.82. The Balaban J connectivity index is 1.78. The molecule has 6 nitrogen and oxygen atoms in total. The Morgan fingerprint density at radius 2 is 1.65 bits per heavy atom. The number of primary amides is 1. The smallest absolute Gasteiger partial charge is 0.243 e. The van der Waals surface area contributed by atoms with Gasteiger partial charge in [-0.1, -0.05) is 31.0 Å². The number of sulfonamides is 1. The van der Waals surface area contributed by atoms with Gasteiger partial charge < -0.3 is 5.73 Å². The molecule has 2 N–H and O–H groups in total. The Bertz CT molecular complexity index is 700. The Morgan fingerprint density at radius 3 is 2.27 bits per heavy atom. The molecule has 7 heteroatoms. The van der Waals surface area contributed by atoms with Crippen LogP contribution in [0.2, 0.25) is 0 Å². The maximum atomic E-state index is 13.0. The molecule has 2 unspecified atom stereocenters. The average Bonchev–Trinajstić information content (AvgIpc) is 2.92. The lowest BCUT2D eigenvalue weighted by molar-refractivity contribution is -0.125. The summed E-state index contributed by atoms with van der Waals surface area (Å²) in [5.41, 5.74) is 5.77. The molecular weight excluding hydrogens is 350 g/mol. The largest absolute Gasteiger partial charge is 0.368 e. The van der Waals surface area contributed by atoms with E-state index in [1.165, 1.54) is 17.1 Å². The number of benzene rings is 1. The minimum atomic E-state index is -3.53. The van der Waals surface area contributed by atoms with Crippen LogP contribution in [0.1, 0.15) is 38.5 Å². The van der Waals surface area contributed by atoms with E-state index in [9.17, 15) is 13.2 Å². The minimum absolute atomic E-state index is 0.0437. The number of nitrogens with two attached hydrogens (primary N) is 1. The lowest BCUT2D eigenvalue weighted by Gasteiger charge is -2.39. The van der Waals surface area contributed by atoms with E-state index < -0.39 is 10.0 Å². The molecule has 3 rings (SSSR count). The standard InChI is InChI=1S/C19H29N3O3S/c20-19(23)18(21-12-6-1-2-7-13-21)16-9-8-14-22(15-16)26(24,25)17-10-4-3-5-11-17/h3-5,10-11,16,18H,1-2,6-9,12-15H2,(H2,20,23). The molecular formula is C19H29N3O3S. The van der Waals surface area contributed by atoms with Gasteiger partial charge in [-0.15, -0.1) is 0 Å². The summed E-state index contributed by atoms with van der Waals surface area (Å²) in [7, 11) is -3.53. The summed E-state index contributed by atoms with van der Waals surface area (Å²) >= 11 is 0. The second-order valence-electron chi connectivity index (χ2n) is 7.38. The maximum Gasteiger partial charge on any atom is 0.243 e. The molecule has 0 bridgehead atoms. The van der Waals surface area contributed by atoms with Gasteiger partial charge in [0.05, 0.1) is 10.9 Å². The van der Waals surface area contributed by atoms with Crippen molar-refractivity contribution in [2.24, 2.45) is 11.7 Å². The molecule has 2 heterocycles. The van der Waals surface area contributed by atoms with Crippen molar-refractivity contribution in [2.75, 3.05) is 26.2 Å². The molecule has 2 aliphatic heterocycles. The van der Waals surface area contributed by atoms with Gasteiger partial charge >= 0.3 is 0 Å². The van der Waals surface area contributed by atoms with Crippen LogP contribution >= 0.6 is 0 Å². The summed E-state index contributed by atoms with van der Waals surface area (Å²) in [6, 6.07) is 8.15. The van der Waals surface area contributed by atoms with Crippen molar-refractivity contribution in [1.82, 2.24) is 9.21 Å². The van der Waals surface area contributed by atoms with E-state index in [2.05, 4.69) is 4.90 Å². The van der Waals surface area contributed by atoms with Crippen LogP contribution in [0.3, 0.4) is 0 Å². The van der Waals surface area contributed by atoms with E-state index >= 15 is 0 Å². The molecule has 1 aromatic rings. The van der Waals surface area contributed by atoms with E-state index in [-0.39, 0.29) is 17.9 Å². The minimum Gasteiger partial charge on any atom is -0.368 e. The van der Waals surface area contributed by atoms with Crippen LogP contribution in [0.15, 0.2) is 35.2 Å². The number of piperidine rings is 1. The highest BCUT2D eigenvalue weighted by molar-refractivity contribution is 7.89. The van der Waals surface area contributed by atoms with Gasteiger partial charge in [-0.25, -0.2) is 8.42 Å². The zero-order valence-electron chi connectivity index (χ0n) is 15.2. The normalized spacial score (nSPS) is 24.7. The summed E-state index contributed by atoms with van der Waals surface area (Å²) < 4.78 is 27.4. The molecule has 2 saturated heterocycles.